The van der Waals surface area contributed by atoms with Crippen molar-refractivity contribution in [2.24, 2.45) is 0 Å². The number of carbonyl (C=O) groups excluding carboxylic acids is 1. The molecule has 3 rings (SSSR count). The van der Waals surface area contributed by atoms with Gasteiger partial charge in [0.05, 0.1) is 24.5 Å². The van der Waals surface area contributed by atoms with Crippen molar-refractivity contribution in [1.82, 2.24) is 9.78 Å². The fourth-order valence-corrected chi connectivity index (χ4v) is 2.35. The zero-order chi connectivity index (χ0) is 16.9. The van der Waals surface area contributed by atoms with Gasteiger partial charge in [-0.05, 0) is 48.6 Å². The smallest absolute Gasteiger partial charge is 0.118 e. The van der Waals surface area contributed by atoms with Gasteiger partial charge >= 0.3 is 0 Å². The first-order chi connectivity index (χ1) is 11.7. The number of ether oxygens (including phenoxy) is 1. The molecular formula is C19H15N2O3-. The Morgan fingerprint density at radius 1 is 1.12 bits per heavy atom. The lowest BCUT2D eigenvalue weighted by atomic mass is 10.1. The minimum atomic E-state index is -1.25. The molecule has 2 aromatic carbocycles. The fraction of sp³-hybridized carbons (Fsp3) is 0.0526. The van der Waals surface area contributed by atoms with Gasteiger partial charge in [0.25, 0.3) is 0 Å². The number of carboxylic acid groups (broad SMARTS) is 1. The SMILES string of the molecule is COc1ccc(-c2nn(-c3ccccc3)cc2C=CC(=O)[O-])cc1. The van der Waals surface area contributed by atoms with Gasteiger partial charge in [-0.1, -0.05) is 18.2 Å². The number of nitrogens with zero attached hydrogens (tertiary/aromatic N) is 2. The van der Waals surface area contributed by atoms with Gasteiger partial charge in [-0.2, -0.15) is 5.10 Å². The number of para-hydroxylation sites is 1. The van der Waals surface area contributed by atoms with Crippen LogP contribution in [-0.2, 0) is 4.79 Å². The number of methoxy groups -OCH3 is 1. The van der Waals surface area contributed by atoms with Crippen molar-refractivity contribution >= 4 is 12.0 Å². The van der Waals surface area contributed by atoms with Gasteiger partial charge in [-0.25, -0.2) is 4.68 Å². The number of carboxylic acids is 1. The maximum atomic E-state index is 10.7. The molecule has 24 heavy (non-hydrogen) atoms. The van der Waals surface area contributed by atoms with E-state index >= 15 is 0 Å². The number of benzene rings is 2. The third-order valence-electron chi connectivity index (χ3n) is 3.53. The molecule has 5 nitrogen and oxygen atoms in total. The van der Waals surface area contributed by atoms with Crippen LogP contribution in [0.15, 0.2) is 66.9 Å². The summed E-state index contributed by atoms with van der Waals surface area (Å²) in [7, 11) is 1.60. The van der Waals surface area contributed by atoms with Gasteiger partial charge in [-0.15, -0.1) is 0 Å². The highest BCUT2D eigenvalue weighted by molar-refractivity contribution is 5.85. The molecule has 120 valence electrons. The molecule has 0 bridgehead atoms. The summed E-state index contributed by atoms with van der Waals surface area (Å²) in [5.74, 6) is -0.504. The monoisotopic (exact) mass is 319 g/mol. The van der Waals surface area contributed by atoms with Gasteiger partial charge in [0.2, 0.25) is 0 Å². The number of hydrogen-bond acceptors (Lipinski definition) is 4. The summed E-state index contributed by atoms with van der Waals surface area (Å²) in [4.78, 5) is 10.7. The van der Waals surface area contributed by atoms with Crippen LogP contribution < -0.4 is 9.84 Å². The lowest BCUT2D eigenvalue weighted by molar-refractivity contribution is -0.297. The largest absolute Gasteiger partial charge is 0.545 e. The highest BCUT2D eigenvalue weighted by Crippen LogP contribution is 2.26. The van der Waals surface area contributed by atoms with Gasteiger partial charge < -0.3 is 14.6 Å². The molecule has 0 N–H and O–H groups in total. The van der Waals surface area contributed by atoms with Crippen LogP contribution in [0.25, 0.3) is 23.0 Å². The summed E-state index contributed by atoms with van der Waals surface area (Å²) in [6.07, 6.45) is 4.27. The Bertz CT molecular complexity index is 865. The molecule has 1 heterocycles. The Balaban J connectivity index is 2.08. The summed E-state index contributed by atoms with van der Waals surface area (Å²) in [5, 5.41) is 15.3. The molecule has 0 saturated heterocycles. The molecule has 0 aliphatic carbocycles. The molecule has 0 spiro atoms. The molecule has 5 heteroatoms. The Labute approximate surface area is 139 Å². The van der Waals surface area contributed by atoms with Crippen molar-refractivity contribution in [2.45, 2.75) is 0 Å². The average Bonchev–Trinajstić information content (AvgIpc) is 3.05. The number of hydrogen-bond donors (Lipinski definition) is 0. The Kier molecular flexibility index (Phi) is 4.43. The first kappa shape index (κ1) is 15.6. The van der Waals surface area contributed by atoms with E-state index in [4.69, 9.17) is 4.74 Å². The minimum Gasteiger partial charge on any atom is -0.545 e. The first-order valence-electron chi connectivity index (χ1n) is 7.36. The molecule has 0 saturated carbocycles. The van der Waals surface area contributed by atoms with Crippen LogP contribution in [0.2, 0.25) is 0 Å². The van der Waals surface area contributed by atoms with Crippen LogP contribution in [0, 0.1) is 0 Å². The molecule has 0 radical (unpaired) electrons. The highest BCUT2D eigenvalue weighted by atomic mass is 16.5. The van der Waals surface area contributed by atoms with Gasteiger partial charge in [0.15, 0.2) is 0 Å². The van der Waals surface area contributed by atoms with E-state index in [9.17, 15) is 9.90 Å². The summed E-state index contributed by atoms with van der Waals surface area (Å²) in [5.41, 5.74) is 3.12. The summed E-state index contributed by atoms with van der Waals surface area (Å²) in [6, 6.07) is 17.1. The van der Waals surface area contributed by atoms with E-state index in [2.05, 4.69) is 5.10 Å². The second-order valence-corrected chi connectivity index (χ2v) is 5.09. The Morgan fingerprint density at radius 3 is 2.46 bits per heavy atom. The molecule has 0 atom stereocenters. The van der Waals surface area contributed by atoms with Crippen molar-refractivity contribution in [3.63, 3.8) is 0 Å². The zero-order valence-corrected chi connectivity index (χ0v) is 13.0. The van der Waals surface area contributed by atoms with Crippen molar-refractivity contribution < 1.29 is 14.6 Å². The molecule has 0 fully saturated rings. The minimum absolute atomic E-state index is 0.680. The van der Waals surface area contributed by atoms with Crippen LogP contribution in [0.3, 0.4) is 0 Å². The topological polar surface area (TPSA) is 67.2 Å². The van der Waals surface area contributed by atoms with E-state index in [-0.39, 0.29) is 0 Å². The van der Waals surface area contributed by atoms with Crippen molar-refractivity contribution in [3.8, 4) is 22.7 Å². The zero-order valence-electron chi connectivity index (χ0n) is 13.0. The normalized spacial score (nSPS) is 10.9. The predicted molar refractivity (Wildman–Crippen MR) is 89.6 cm³/mol. The lowest BCUT2D eigenvalue weighted by Gasteiger charge is -2.02. The molecule has 0 aliphatic rings. The summed E-state index contributed by atoms with van der Waals surface area (Å²) < 4.78 is 6.88. The van der Waals surface area contributed by atoms with Crippen molar-refractivity contribution in [2.75, 3.05) is 7.11 Å². The van der Waals surface area contributed by atoms with E-state index in [0.29, 0.717) is 11.3 Å². The van der Waals surface area contributed by atoms with Crippen LogP contribution in [0.1, 0.15) is 5.56 Å². The average molecular weight is 319 g/mol. The Hall–Kier alpha value is -3.34. The van der Waals surface area contributed by atoms with E-state index in [0.717, 1.165) is 23.1 Å². The number of aromatic nitrogens is 2. The maximum Gasteiger partial charge on any atom is 0.118 e. The van der Waals surface area contributed by atoms with E-state index in [1.165, 1.54) is 6.08 Å². The fourth-order valence-electron chi connectivity index (χ4n) is 2.35. The molecule has 0 amide bonds. The van der Waals surface area contributed by atoms with Gasteiger partial charge in [0, 0.05) is 17.3 Å². The maximum absolute atomic E-state index is 10.7. The number of carbonyl (C=O) groups is 1. The molecule has 3 aromatic rings. The van der Waals surface area contributed by atoms with Crippen LogP contribution in [-0.4, -0.2) is 22.9 Å². The molecular weight excluding hydrogens is 304 g/mol. The third-order valence-corrected chi connectivity index (χ3v) is 3.53. The summed E-state index contributed by atoms with van der Waals surface area (Å²) >= 11 is 0. The third kappa shape index (κ3) is 3.35. The Morgan fingerprint density at radius 2 is 1.83 bits per heavy atom. The molecule has 0 aliphatic heterocycles. The highest BCUT2D eigenvalue weighted by Gasteiger charge is 2.10. The van der Waals surface area contributed by atoms with Gasteiger partial charge in [0.1, 0.15) is 5.75 Å². The first-order valence-corrected chi connectivity index (χ1v) is 7.36. The number of aliphatic carboxylic acids is 1. The number of rotatable bonds is 5. The van der Waals surface area contributed by atoms with Gasteiger partial charge in [-0.3, -0.25) is 0 Å². The predicted octanol–water partition coefficient (Wildman–Crippen LogP) is 2.31. The summed E-state index contributed by atoms with van der Waals surface area (Å²) in [6.45, 7) is 0. The standard InChI is InChI=1S/C19H16N2O3/c1-24-17-10-7-14(8-11-17)19-15(9-12-18(22)23)13-21(20-19)16-5-3-2-4-6-16/h2-13H,1H3,(H,22,23)/p-1. The quantitative estimate of drug-likeness (QED) is 0.677. The van der Waals surface area contributed by atoms with Crippen molar-refractivity contribution in [1.29, 1.82) is 0 Å². The van der Waals surface area contributed by atoms with Crippen LogP contribution >= 0.6 is 0 Å². The van der Waals surface area contributed by atoms with E-state index in [1.807, 2.05) is 54.6 Å². The second-order valence-electron chi connectivity index (χ2n) is 5.09. The van der Waals surface area contributed by atoms with E-state index in [1.54, 1.807) is 18.0 Å². The lowest BCUT2D eigenvalue weighted by Crippen LogP contribution is -2.18. The van der Waals surface area contributed by atoms with E-state index < -0.39 is 5.97 Å². The van der Waals surface area contributed by atoms with Crippen LogP contribution in [0.5, 0.6) is 5.75 Å². The molecule has 0 unspecified atom stereocenters. The van der Waals surface area contributed by atoms with Crippen LogP contribution in [0.4, 0.5) is 0 Å². The van der Waals surface area contributed by atoms with Crippen molar-refractivity contribution in [3.05, 3.63) is 72.4 Å². The second kappa shape index (κ2) is 6.83. The molecule has 1 aromatic heterocycles.